The molecule has 0 unspecified atom stereocenters. The molecular weight excluding hydrogens is 368 g/mol. The van der Waals surface area contributed by atoms with E-state index in [-0.39, 0.29) is 24.4 Å². The maximum atomic E-state index is 13.4. The SMILES string of the molecule is C/N=C/c1ccc2c3c([nH]c2c1)C(C)(C)c1ccc(OC[C@H](O)CO)cc1C3=O. The van der Waals surface area contributed by atoms with Crippen LogP contribution in [0.15, 0.2) is 41.4 Å². The Morgan fingerprint density at radius 2 is 2.03 bits per heavy atom. The quantitative estimate of drug-likeness (QED) is 0.582. The smallest absolute Gasteiger partial charge is 0.195 e. The number of ether oxygens (including phenoxy) is 1. The molecule has 6 heteroatoms. The number of rotatable bonds is 5. The Morgan fingerprint density at radius 1 is 1.24 bits per heavy atom. The third-order valence-corrected chi connectivity index (χ3v) is 5.52. The fourth-order valence-electron chi connectivity index (χ4n) is 4.01. The summed E-state index contributed by atoms with van der Waals surface area (Å²) in [5, 5.41) is 19.4. The van der Waals surface area contributed by atoms with Gasteiger partial charge in [0.25, 0.3) is 0 Å². The summed E-state index contributed by atoms with van der Waals surface area (Å²) in [7, 11) is 1.73. The second kappa shape index (κ2) is 7.13. The number of hydrogen-bond acceptors (Lipinski definition) is 5. The van der Waals surface area contributed by atoms with Gasteiger partial charge >= 0.3 is 0 Å². The molecule has 3 N–H and O–H groups in total. The molecule has 0 amide bonds. The molecule has 2 aromatic carbocycles. The van der Waals surface area contributed by atoms with Crippen LogP contribution in [0.4, 0.5) is 0 Å². The van der Waals surface area contributed by atoms with Gasteiger partial charge < -0.3 is 19.9 Å². The maximum absolute atomic E-state index is 13.4. The number of aliphatic hydroxyl groups excluding tert-OH is 2. The van der Waals surface area contributed by atoms with Gasteiger partial charge in [-0.2, -0.15) is 0 Å². The minimum atomic E-state index is -0.959. The summed E-state index contributed by atoms with van der Waals surface area (Å²) in [5.74, 6) is 0.441. The van der Waals surface area contributed by atoms with Gasteiger partial charge in [-0.15, -0.1) is 0 Å². The fraction of sp³-hybridized carbons (Fsp3) is 0.304. The molecule has 0 saturated carbocycles. The van der Waals surface area contributed by atoms with Crippen LogP contribution in [0.2, 0.25) is 0 Å². The molecule has 1 atom stereocenters. The molecule has 4 rings (SSSR count). The number of fused-ring (bicyclic) bond motifs is 4. The number of benzene rings is 2. The number of nitrogens with zero attached hydrogens (tertiary/aromatic N) is 1. The molecule has 1 aliphatic carbocycles. The van der Waals surface area contributed by atoms with Crippen LogP contribution >= 0.6 is 0 Å². The zero-order valence-electron chi connectivity index (χ0n) is 16.7. The molecular formula is C23H24N2O4. The summed E-state index contributed by atoms with van der Waals surface area (Å²) in [6.45, 7) is 3.78. The lowest BCUT2D eigenvalue weighted by Gasteiger charge is -2.32. The largest absolute Gasteiger partial charge is 0.491 e. The summed E-state index contributed by atoms with van der Waals surface area (Å²) in [6.07, 6.45) is 0.824. The lowest BCUT2D eigenvalue weighted by Crippen LogP contribution is -2.30. The van der Waals surface area contributed by atoms with Crippen LogP contribution in [0.25, 0.3) is 10.9 Å². The summed E-state index contributed by atoms with van der Waals surface area (Å²) < 4.78 is 5.56. The molecule has 0 spiro atoms. The van der Waals surface area contributed by atoms with E-state index in [1.165, 1.54) is 0 Å². The zero-order valence-corrected chi connectivity index (χ0v) is 16.7. The molecule has 1 aliphatic rings. The van der Waals surface area contributed by atoms with Crippen molar-refractivity contribution in [3.8, 4) is 5.75 Å². The predicted molar refractivity (Wildman–Crippen MR) is 112 cm³/mol. The molecule has 1 heterocycles. The summed E-state index contributed by atoms with van der Waals surface area (Å²) in [4.78, 5) is 21.0. The van der Waals surface area contributed by atoms with Gasteiger partial charge in [-0.1, -0.05) is 32.0 Å². The fourth-order valence-corrected chi connectivity index (χ4v) is 4.01. The Kier molecular flexibility index (Phi) is 4.76. The van der Waals surface area contributed by atoms with E-state index >= 15 is 0 Å². The van der Waals surface area contributed by atoms with E-state index in [9.17, 15) is 9.90 Å². The van der Waals surface area contributed by atoms with Crippen LogP contribution in [-0.4, -0.2) is 53.6 Å². The van der Waals surface area contributed by atoms with Gasteiger partial charge in [0.2, 0.25) is 0 Å². The van der Waals surface area contributed by atoms with Gasteiger partial charge in [-0.25, -0.2) is 0 Å². The highest BCUT2D eigenvalue weighted by atomic mass is 16.5. The van der Waals surface area contributed by atoms with Gasteiger partial charge in [0.15, 0.2) is 5.78 Å². The van der Waals surface area contributed by atoms with Crippen LogP contribution in [-0.2, 0) is 5.41 Å². The molecule has 3 aromatic rings. The van der Waals surface area contributed by atoms with E-state index in [0.29, 0.717) is 16.9 Å². The normalized spacial score (nSPS) is 16.1. The van der Waals surface area contributed by atoms with Crippen molar-refractivity contribution in [2.24, 2.45) is 4.99 Å². The van der Waals surface area contributed by atoms with Crippen LogP contribution in [0, 0.1) is 0 Å². The summed E-state index contributed by atoms with van der Waals surface area (Å²) in [5.41, 5.74) is 4.60. The number of H-pyrrole nitrogens is 1. The first-order valence-electron chi connectivity index (χ1n) is 9.56. The van der Waals surface area contributed by atoms with Gasteiger partial charge in [0.1, 0.15) is 18.5 Å². The Hall–Kier alpha value is -2.96. The van der Waals surface area contributed by atoms with Crippen molar-refractivity contribution < 1.29 is 19.7 Å². The van der Waals surface area contributed by atoms with Crippen molar-refractivity contribution in [2.75, 3.05) is 20.3 Å². The van der Waals surface area contributed by atoms with Gasteiger partial charge in [-0.05, 0) is 29.3 Å². The van der Waals surface area contributed by atoms with Crippen LogP contribution in [0.5, 0.6) is 5.75 Å². The van der Waals surface area contributed by atoms with E-state index in [2.05, 4.69) is 23.8 Å². The minimum absolute atomic E-state index is 0.0348. The number of aliphatic imine (C=N–C) groups is 1. The molecule has 1 aromatic heterocycles. The van der Waals surface area contributed by atoms with Crippen LogP contribution in [0.3, 0.4) is 0 Å². The summed E-state index contributed by atoms with van der Waals surface area (Å²) in [6, 6.07) is 11.3. The predicted octanol–water partition coefficient (Wildman–Crippen LogP) is 2.82. The van der Waals surface area contributed by atoms with Crippen molar-refractivity contribution >= 4 is 22.9 Å². The number of aromatic nitrogens is 1. The van der Waals surface area contributed by atoms with E-state index in [0.717, 1.165) is 27.7 Å². The third kappa shape index (κ3) is 3.14. The Morgan fingerprint density at radius 3 is 2.76 bits per heavy atom. The lowest BCUT2D eigenvalue weighted by atomic mass is 9.71. The molecule has 0 saturated heterocycles. The van der Waals surface area contributed by atoms with E-state index in [1.807, 2.05) is 24.3 Å². The standard InChI is InChI=1S/C23H24N2O4/c1-23(2)18-7-5-15(29-12-14(27)11-26)9-17(18)21(28)20-16-6-4-13(10-24-3)8-19(16)25-22(20)23/h4-10,14,25-27H,11-12H2,1-3H3/b24-10+/t14-/m1/s1. The molecule has 29 heavy (non-hydrogen) atoms. The van der Waals surface area contributed by atoms with Crippen molar-refractivity contribution in [1.29, 1.82) is 0 Å². The number of hydrogen-bond donors (Lipinski definition) is 3. The highest BCUT2D eigenvalue weighted by Crippen LogP contribution is 2.44. The third-order valence-electron chi connectivity index (χ3n) is 5.52. The maximum Gasteiger partial charge on any atom is 0.195 e. The average Bonchev–Trinajstić information content (AvgIpc) is 3.10. The first-order chi connectivity index (χ1) is 13.9. The number of nitrogens with one attached hydrogen (secondary N) is 1. The van der Waals surface area contributed by atoms with E-state index in [4.69, 9.17) is 9.84 Å². The molecule has 0 fully saturated rings. The second-order valence-corrected chi connectivity index (χ2v) is 7.88. The van der Waals surface area contributed by atoms with E-state index < -0.39 is 6.10 Å². The topological polar surface area (TPSA) is 94.9 Å². The number of aromatic amines is 1. The monoisotopic (exact) mass is 392 g/mol. The number of carbonyl (C=O) groups excluding carboxylic acids is 1. The lowest BCUT2D eigenvalue weighted by molar-refractivity contribution is 0.0535. The molecule has 150 valence electrons. The Balaban J connectivity index is 1.82. The van der Waals surface area contributed by atoms with Crippen molar-refractivity contribution in [2.45, 2.75) is 25.4 Å². The van der Waals surface area contributed by atoms with Crippen LogP contribution in [0.1, 0.15) is 46.6 Å². The van der Waals surface area contributed by atoms with Crippen molar-refractivity contribution in [1.82, 2.24) is 4.98 Å². The minimum Gasteiger partial charge on any atom is -0.491 e. The first kappa shape index (κ1) is 19.4. The number of aliphatic hydroxyl groups is 2. The van der Waals surface area contributed by atoms with E-state index in [1.54, 1.807) is 25.4 Å². The van der Waals surface area contributed by atoms with Gasteiger partial charge in [0.05, 0.1) is 12.2 Å². The zero-order chi connectivity index (χ0) is 20.8. The molecule has 0 bridgehead atoms. The number of ketones is 1. The molecule has 6 nitrogen and oxygen atoms in total. The second-order valence-electron chi connectivity index (χ2n) is 7.88. The summed E-state index contributed by atoms with van der Waals surface area (Å²) >= 11 is 0. The highest BCUT2D eigenvalue weighted by molar-refractivity contribution is 6.20. The number of carbonyl (C=O) groups is 1. The van der Waals surface area contributed by atoms with Gasteiger partial charge in [0, 0.05) is 40.8 Å². The average molecular weight is 392 g/mol. The highest BCUT2D eigenvalue weighted by Gasteiger charge is 2.39. The van der Waals surface area contributed by atoms with Crippen molar-refractivity contribution in [3.05, 3.63) is 64.3 Å². The van der Waals surface area contributed by atoms with Crippen LogP contribution < -0.4 is 4.74 Å². The molecule has 0 aliphatic heterocycles. The first-order valence-corrected chi connectivity index (χ1v) is 9.56. The van der Waals surface area contributed by atoms with Gasteiger partial charge in [-0.3, -0.25) is 9.79 Å². The van der Waals surface area contributed by atoms with Crippen molar-refractivity contribution in [3.63, 3.8) is 0 Å². The Labute approximate surface area is 168 Å². The molecule has 0 radical (unpaired) electrons. The Bertz CT molecular complexity index is 1130.